The second kappa shape index (κ2) is 8.34. The Morgan fingerprint density at radius 2 is 1.75 bits per heavy atom. The van der Waals surface area contributed by atoms with Crippen LogP contribution in [0.2, 0.25) is 0 Å². The molecule has 1 amide bonds. The predicted molar refractivity (Wildman–Crippen MR) is 102 cm³/mol. The number of nitrogens with zero attached hydrogens (tertiary/aromatic N) is 2. The summed E-state index contributed by atoms with van der Waals surface area (Å²) in [5.74, 6) is -0.0459. The number of rotatable bonds is 6. The Kier molecular flexibility index (Phi) is 5.69. The lowest BCUT2D eigenvalue weighted by Gasteiger charge is -2.15. The number of aromatic nitrogens is 2. The van der Waals surface area contributed by atoms with Crippen LogP contribution in [0.3, 0.4) is 0 Å². The van der Waals surface area contributed by atoms with Crippen LogP contribution in [0.5, 0.6) is 11.6 Å². The Hall–Kier alpha value is -3.68. The highest BCUT2D eigenvalue weighted by Gasteiger charge is 2.16. The van der Waals surface area contributed by atoms with E-state index in [2.05, 4.69) is 10.4 Å². The number of carbonyl (C=O) groups is 1. The minimum Gasteiger partial charge on any atom is -0.497 e. The van der Waals surface area contributed by atoms with Gasteiger partial charge in [0.05, 0.1) is 12.8 Å². The van der Waals surface area contributed by atoms with Crippen LogP contribution in [0.25, 0.3) is 5.69 Å². The third-order valence-corrected chi connectivity index (χ3v) is 3.87. The molecular weight excluding hydrogens is 365 g/mol. The van der Waals surface area contributed by atoms with Crippen molar-refractivity contribution >= 4 is 11.6 Å². The van der Waals surface area contributed by atoms with Crippen LogP contribution >= 0.6 is 0 Å². The van der Waals surface area contributed by atoms with E-state index in [9.17, 15) is 14.0 Å². The number of nitrogens with one attached hydrogen (secondary N) is 1. The normalized spacial score (nSPS) is 11.5. The molecule has 0 bridgehead atoms. The van der Waals surface area contributed by atoms with Crippen molar-refractivity contribution < 1.29 is 18.7 Å². The van der Waals surface area contributed by atoms with Crippen molar-refractivity contribution in [3.8, 4) is 17.3 Å². The molecule has 144 valence electrons. The second-order valence-electron chi connectivity index (χ2n) is 5.88. The Bertz CT molecular complexity index is 1020. The molecular formula is C20H18FN3O4. The van der Waals surface area contributed by atoms with Gasteiger partial charge in [0.2, 0.25) is 5.88 Å². The Balaban J connectivity index is 1.71. The predicted octanol–water partition coefficient (Wildman–Crippen LogP) is 2.79. The maximum absolute atomic E-state index is 13.1. The zero-order chi connectivity index (χ0) is 20.1. The summed E-state index contributed by atoms with van der Waals surface area (Å²) in [6.07, 6.45) is -0.867. The van der Waals surface area contributed by atoms with E-state index in [1.54, 1.807) is 38.3 Å². The molecule has 1 heterocycles. The molecule has 1 unspecified atom stereocenters. The van der Waals surface area contributed by atoms with Gasteiger partial charge in [-0.25, -0.2) is 4.39 Å². The fourth-order valence-corrected chi connectivity index (χ4v) is 2.38. The summed E-state index contributed by atoms with van der Waals surface area (Å²) in [7, 11) is 1.56. The van der Waals surface area contributed by atoms with Crippen molar-refractivity contribution in [3.05, 3.63) is 76.8 Å². The summed E-state index contributed by atoms with van der Waals surface area (Å²) in [5, 5.41) is 6.81. The average Bonchev–Trinajstić information content (AvgIpc) is 2.70. The van der Waals surface area contributed by atoms with Crippen LogP contribution < -0.4 is 20.3 Å². The summed E-state index contributed by atoms with van der Waals surface area (Å²) in [6.45, 7) is 1.56. The van der Waals surface area contributed by atoms with Gasteiger partial charge in [0.1, 0.15) is 11.6 Å². The highest BCUT2D eigenvalue weighted by Crippen LogP contribution is 2.16. The molecule has 8 heteroatoms. The molecule has 1 aromatic heterocycles. The molecule has 28 heavy (non-hydrogen) atoms. The molecule has 7 nitrogen and oxygen atoms in total. The van der Waals surface area contributed by atoms with E-state index in [0.29, 0.717) is 17.1 Å². The Morgan fingerprint density at radius 3 is 2.39 bits per heavy atom. The van der Waals surface area contributed by atoms with Crippen LogP contribution in [-0.4, -0.2) is 28.9 Å². The Morgan fingerprint density at radius 1 is 1.07 bits per heavy atom. The van der Waals surface area contributed by atoms with Crippen LogP contribution in [0.4, 0.5) is 10.1 Å². The third kappa shape index (κ3) is 4.53. The van der Waals surface area contributed by atoms with E-state index in [1.807, 2.05) is 0 Å². The lowest BCUT2D eigenvalue weighted by Crippen LogP contribution is -2.31. The third-order valence-electron chi connectivity index (χ3n) is 3.87. The van der Waals surface area contributed by atoms with Gasteiger partial charge in [-0.05, 0) is 55.5 Å². The van der Waals surface area contributed by atoms with Gasteiger partial charge < -0.3 is 14.8 Å². The first-order valence-corrected chi connectivity index (χ1v) is 8.44. The molecule has 0 saturated heterocycles. The first-order valence-electron chi connectivity index (χ1n) is 8.44. The van der Waals surface area contributed by atoms with Gasteiger partial charge in [-0.2, -0.15) is 4.68 Å². The molecule has 3 aromatic rings. The van der Waals surface area contributed by atoms with E-state index in [1.165, 1.54) is 36.4 Å². The average molecular weight is 383 g/mol. The van der Waals surface area contributed by atoms with Gasteiger partial charge in [-0.3, -0.25) is 9.59 Å². The topological polar surface area (TPSA) is 82.5 Å². The zero-order valence-corrected chi connectivity index (χ0v) is 15.3. The number of amides is 1. The molecule has 2 aromatic carbocycles. The minimum absolute atomic E-state index is 0.0845. The number of halogens is 1. The van der Waals surface area contributed by atoms with Gasteiger partial charge in [-0.15, -0.1) is 5.10 Å². The molecule has 0 saturated carbocycles. The van der Waals surface area contributed by atoms with Crippen molar-refractivity contribution in [1.82, 2.24) is 9.78 Å². The molecule has 1 atom stereocenters. The van der Waals surface area contributed by atoms with Crippen molar-refractivity contribution in [3.63, 3.8) is 0 Å². The lowest BCUT2D eigenvalue weighted by molar-refractivity contribution is -0.122. The SMILES string of the molecule is COc1ccc(NC(=O)C(C)Oc2ccc(=O)n(-c3ccc(F)cc3)n2)cc1. The zero-order valence-electron chi connectivity index (χ0n) is 15.3. The van der Waals surface area contributed by atoms with Gasteiger partial charge in [-0.1, -0.05) is 0 Å². The quantitative estimate of drug-likeness (QED) is 0.708. The molecule has 0 aliphatic carbocycles. The van der Waals surface area contributed by atoms with E-state index in [0.717, 1.165) is 4.68 Å². The smallest absolute Gasteiger partial charge is 0.271 e. The fourth-order valence-electron chi connectivity index (χ4n) is 2.38. The van der Waals surface area contributed by atoms with Crippen LogP contribution in [-0.2, 0) is 4.79 Å². The monoisotopic (exact) mass is 383 g/mol. The molecule has 0 aliphatic heterocycles. The van der Waals surface area contributed by atoms with Gasteiger partial charge in [0, 0.05) is 17.8 Å². The number of benzene rings is 2. The maximum Gasteiger partial charge on any atom is 0.271 e. The molecule has 0 aliphatic rings. The number of hydrogen-bond donors (Lipinski definition) is 1. The summed E-state index contributed by atoms with van der Waals surface area (Å²) in [5.41, 5.74) is 0.562. The minimum atomic E-state index is -0.867. The van der Waals surface area contributed by atoms with Crippen molar-refractivity contribution in [2.75, 3.05) is 12.4 Å². The lowest BCUT2D eigenvalue weighted by atomic mass is 10.3. The summed E-state index contributed by atoms with van der Waals surface area (Å²) < 4.78 is 24.8. The van der Waals surface area contributed by atoms with Crippen molar-refractivity contribution in [2.45, 2.75) is 13.0 Å². The number of hydrogen-bond acceptors (Lipinski definition) is 5. The van der Waals surface area contributed by atoms with E-state index in [-0.39, 0.29) is 11.8 Å². The van der Waals surface area contributed by atoms with Gasteiger partial charge >= 0.3 is 0 Å². The molecule has 0 radical (unpaired) electrons. The number of anilines is 1. The molecule has 3 rings (SSSR count). The van der Waals surface area contributed by atoms with Crippen LogP contribution in [0.1, 0.15) is 6.92 Å². The Labute approximate surface area is 160 Å². The van der Waals surface area contributed by atoms with Crippen LogP contribution in [0, 0.1) is 5.82 Å². The molecule has 0 spiro atoms. The van der Waals surface area contributed by atoms with E-state index >= 15 is 0 Å². The highest BCUT2D eigenvalue weighted by atomic mass is 19.1. The standard InChI is InChI=1S/C20H18FN3O4/c1-13(20(26)22-15-5-9-17(27-2)10-6-15)28-18-11-12-19(25)24(23-18)16-7-3-14(21)4-8-16/h3-13H,1-2H3,(H,22,26). The molecule has 0 fully saturated rings. The largest absolute Gasteiger partial charge is 0.497 e. The van der Waals surface area contributed by atoms with Crippen molar-refractivity contribution in [1.29, 1.82) is 0 Å². The summed E-state index contributed by atoms with van der Waals surface area (Å²) in [6, 6.07) is 14.8. The van der Waals surface area contributed by atoms with Crippen molar-refractivity contribution in [2.24, 2.45) is 0 Å². The number of methoxy groups -OCH3 is 1. The fraction of sp³-hybridized carbons (Fsp3) is 0.150. The summed E-state index contributed by atoms with van der Waals surface area (Å²) >= 11 is 0. The van der Waals surface area contributed by atoms with Crippen LogP contribution in [0.15, 0.2) is 65.5 Å². The number of carbonyl (C=O) groups excluding carboxylic acids is 1. The summed E-state index contributed by atoms with van der Waals surface area (Å²) in [4.78, 5) is 24.4. The second-order valence-corrected chi connectivity index (χ2v) is 5.88. The first kappa shape index (κ1) is 19.1. The first-order chi connectivity index (χ1) is 13.5. The van der Waals surface area contributed by atoms with E-state index < -0.39 is 17.5 Å². The number of ether oxygens (including phenoxy) is 2. The van der Waals surface area contributed by atoms with Gasteiger partial charge in [0.15, 0.2) is 6.10 Å². The highest BCUT2D eigenvalue weighted by molar-refractivity contribution is 5.94. The van der Waals surface area contributed by atoms with E-state index in [4.69, 9.17) is 9.47 Å². The van der Waals surface area contributed by atoms with Gasteiger partial charge in [0.25, 0.3) is 11.5 Å². The maximum atomic E-state index is 13.1. The molecule has 1 N–H and O–H groups in total.